The minimum absolute atomic E-state index is 0.196. The van der Waals surface area contributed by atoms with Gasteiger partial charge in [0.05, 0.1) is 79.3 Å². The van der Waals surface area contributed by atoms with Crippen molar-refractivity contribution in [2.24, 2.45) is 0 Å². The van der Waals surface area contributed by atoms with Gasteiger partial charge in [-0.3, -0.25) is 0 Å². The largest absolute Gasteiger partial charge is 0.460 e. The standard InChI is InChI=1S/C23H43NO10/c1-6-21(25)33-20-19-32-18-17-31-16-15-30-14-13-29-12-11-28-10-9-27-8-7-24(5)22(26)34-23(2,3)4/h6H,1,7-20H2,2-5H3. The molecular weight excluding hydrogens is 450 g/mol. The predicted octanol–water partition coefficient (Wildman–Crippen LogP) is 1.68. The van der Waals surface area contributed by atoms with E-state index in [0.29, 0.717) is 85.8 Å². The van der Waals surface area contributed by atoms with E-state index in [9.17, 15) is 9.59 Å². The molecule has 0 aromatic carbocycles. The van der Waals surface area contributed by atoms with Crippen LogP contribution in [-0.2, 0) is 42.7 Å². The Hall–Kier alpha value is -1.76. The van der Waals surface area contributed by atoms with Crippen molar-refractivity contribution in [1.82, 2.24) is 4.90 Å². The molecule has 11 heteroatoms. The van der Waals surface area contributed by atoms with Crippen LogP contribution in [0.4, 0.5) is 4.79 Å². The number of hydrogen-bond donors (Lipinski definition) is 0. The molecule has 0 radical (unpaired) electrons. The maximum absolute atomic E-state index is 11.8. The van der Waals surface area contributed by atoms with Crippen molar-refractivity contribution in [3.63, 3.8) is 0 Å². The summed E-state index contributed by atoms with van der Waals surface area (Å²) in [5.41, 5.74) is -0.508. The zero-order chi connectivity index (χ0) is 25.5. The average Bonchev–Trinajstić information content (AvgIpc) is 2.78. The Balaban J connectivity index is 3.22. The van der Waals surface area contributed by atoms with E-state index in [1.165, 1.54) is 4.90 Å². The van der Waals surface area contributed by atoms with Crippen LogP contribution in [0.15, 0.2) is 12.7 Å². The Kier molecular flexibility index (Phi) is 20.6. The highest BCUT2D eigenvalue weighted by Gasteiger charge is 2.19. The Labute approximate surface area is 203 Å². The van der Waals surface area contributed by atoms with Crippen molar-refractivity contribution in [3.8, 4) is 0 Å². The summed E-state index contributed by atoms with van der Waals surface area (Å²) in [6, 6.07) is 0. The monoisotopic (exact) mass is 493 g/mol. The Morgan fingerprint density at radius 3 is 1.38 bits per heavy atom. The third-order valence-electron chi connectivity index (χ3n) is 3.77. The molecule has 34 heavy (non-hydrogen) atoms. The van der Waals surface area contributed by atoms with E-state index in [2.05, 4.69) is 6.58 Å². The molecule has 0 fully saturated rings. The number of nitrogens with zero attached hydrogens (tertiary/aromatic N) is 1. The topological polar surface area (TPSA) is 111 Å². The second kappa shape index (κ2) is 21.8. The van der Waals surface area contributed by atoms with Gasteiger partial charge in [0.15, 0.2) is 0 Å². The van der Waals surface area contributed by atoms with Crippen LogP contribution >= 0.6 is 0 Å². The van der Waals surface area contributed by atoms with Crippen molar-refractivity contribution >= 4 is 12.1 Å². The van der Waals surface area contributed by atoms with Crippen molar-refractivity contribution < 1.29 is 47.5 Å². The van der Waals surface area contributed by atoms with Crippen LogP contribution in [0.2, 0.25) is 0 Å². The van der Waals surface area contributed by atoms with E-state index in [-0.39, 0.29) is 12.7 Å². The summed E-state index contributed by atoms with van der Waals surface area (Å²) in [4.78, 5) is 24.1. The van der Waals surface area contributed by atoms with Crippen LogP contribution in [0.1, 0.15) is 20.8 Å². The number of hydrogen-bond acceptors (Lipinski definition) is 10. The Morgan fingerprint density at radius 1 is 0.676 bits per heavy atom. The number of rotatable bonds is 22. The normalized spacial score (nSPS) is 11.3. The quantitative estimate of drug-likeness (QED) is 0.125. The lowest BCUT2D eigenvalue weighted by Crippen LogP contribution is -2.36. The van der Waals surface area contributed by atoms with Gasteiger partial charge < -0.3 is 42.8 Å². The molecule has 0 aliphatic heterocycles. The molecule has 0 unspecified atom stereocenters. The van der Waals surface area contributed by atoms with Gasteiger partial charge >= 0.3 is 12.1 Å². The fourth-order valence-corrected chi connectivity index (χ4v) is 2.09. The fourth-order valence-electron chi connectivity index (χ4n) is 2.09. The van der Waals surface area contributed by atoms with Gasteiger partial charge in [0.25, 0.3) is 0 Å². The van der Waals surface area contributed by atoms with Gasteiger partial charge in [-0.1, -0.05) is 6.58 Å². The summed E-state index contributed by atoms with van der Waals surface area (Å²) in [6.07, 6.45) is 0.742. The van der Waals surface area contributed by atoms with E-state index in [0.717, 1.165) is 6.08 Å². The molecule has 0 aliphatic rings. The number of ether oxygens (including phenoxy) is 8. The highest BCUT2D eigenvalue weighted by molar-refractivity contribution is 5.81. The third kappa shape index (κ3) is 23.4. The summed E-state index contributed by atoms with van der Waals surface area (Å²) < 4.78 is 42.3. The molecule has 0 atom stereocenters. The third-order valence-corrected chi connectivity index (χ3v) is 3.77. The van der Waals surface area contributed by atoms with Gasteiger partial charge in [-0.15, -0.1) is 0 Å². The summed E-state index contributed by atoms with van der Waals surface area (Å²) >= 11 is 0. The van der Waals surface area contributed by atoms with Gasteiger partial charge in [0.2, 0.25) is 0 Å². The van der Waals surface area contributed by atoms with Crippen molar-refractivity contribution in [2.45, 2.75) is 26.4 Å². The lowest BCUT2D eigenvalue weighted by Gasteiger charge is -2.24. The van der Waals surface area contributed by atoms with Gasteiger partial charge in [0, 0.05) is 19.7 Å². The smallest absolute Gasteiger partial charge is 0.410 e. The molecule has 0 aliphatic carbocycles. The predicted molar refractivity (Wildman–Crippen MR) is 125 cm³/mol. The molecular formula is C23H43NO10. The first-order valence-electron chi connectivity index (χ1n) is 11.5. The van der Waals surface area contributed by atoms with Gasteiger partial charge in [0.1, 0.15) is 12.2 Å². The summed E-state index contributed by atoms with van der Waals surface area (Å²) in [5, 5.41) is 0. The highest BCUT2D eigenvalue weighted by atomic mass is 16.6. The molecule has 11 nitrogen and oxygen atoms in total. The van der Waals surface area contributed by atoms with Crippen molar-refractivity contribution in [2.75, 3.05) is 99.5 Å². The van der Waals surface area contributed by atoms with Crippen LogP contribution in [0.3, 0.4) is 0 Å². The molecule has 0 saturated carbocycles. The molecule has 0 saturated heterocycles. The van der Waals surface area contributed by atoms with Crippen molar-refractivity contribution in [3.05, 3.63) is 12.7 Å². The SMILES string of the molecule is C=CC(=O)OCCOCCOCCOCCOCCOCCOCCN(C)C(=O)OC(C)(C)C. The van der Waals surface area contributed by atoms with Crippen LogP contribution < -0.4 is 0 Å². The number of carbonyl (C=O) groups excluding carboxylic acids is 2. The number of carbonyl (C=O) groups is 2. The van der Waals surface area contributed by atoms with E-state index in [1.807, 2.05) is 20.8 Å². The number of likely N-dealkylation sites (N-methyl/N-ethyl adjacent to an activating group) is 1. The zero-order valence-electron chi connectivity index (χ0n) is 21.2. The molecule has 0 aromatic heterocycles. The van der Waals surface area contributed by atoms with Crippen LogP contribution in [0.5, 0.6) is 0 Å². The Bertz CT molecular complexity index is 524. The maximum Gasteiger partial charge on any atom is 0.410 e. The molecule has 0 N–H and O–H groups in total. The van der Waals surface area contributed by atoms with Gasteiger partial charge in [-0.05, 0) is 20.8 Å². The van der Waals surface area contributed by atoms with Crippen LogP contribution in [0, 0.1) is 0 Å². The summed E-state index contributed by atoms with van der Waals surface area (Å²) in [5.74, 6) is -0.461. The molecule has 0 heterocycles. The highest BCUT2D eigenvalue weighted by Crippen LogP contribution is 2.08. The first-order chi connectivity index (χ1) is 16.3. The first kappa shape index (κ1) is 32.2. The lowest BCUT2D eigenvalue weighted by molar-refractivity contribution is -0.139. The first-order valence-corrected chi connectivity index (χ1v) is 11.5. The zero-order valence-corrected chi connectivity index (χ0v) is 21.2. The second-order valence-corrected chi connectivity index (χ2v) is 7.95. The minimum atomic E-state index is -0.508. The minimum Gasteiger partial charge on any atom is -0.460 e. The second-order valence-electron chi connectivity index (χ2n) is 7.95. The van der Waals surface area contributed by atoms with E-state index < -0.39 is 11.6 Å². The van der Waals surface area contributed by atoms with E-state index >= 15 is 0 Å². The van der Waals surface area contributed by atoms with E-state index in [4.69, 9.17) is 37.9 Å². The van der Waals surface area contributed by atoms with Crippen LogP contribution in [-0.4, -0.2) is 122 Å². The molecule has 0 aromatic rings. The number of amides is 1. The van der Waals surface area contributed by atoms with E-state index in [1.54, 1.807) is 7.05 Å². The molecule has 0 rings (SSSR count). The molecule has 0 spiro atoms. The molecule has 200 valence electrons. The maximum atomic E-state index is 11.8. The average molecular weight is 494 g/mol. The Morgan fingerprint density at radius 2 is 1.03 bits per heavy atom. The molecule has 0 bridgehead atoms. The lowest BCUT2D eigenvalue weighted by atomic mass is 10.2. The summed E-state index contributed by atoms with van der Waals surface area (Å²) in [6.45, 7) is 14.8. The van der Waals surface area contributed by atoms with Crippen molar-refractivity contribution in [1.29, 1.82) is 0 Å². The summed E-state index contributed by atoms with van der Waals surface area (Å²) in [7, 11) is 1.67. The van der Waals surface area contributed by atoms with Crippen LogP contribution in [0.25, 0.3) is 0 Å². The van der Waals surface area contributed by atoms with Gasteiger partial charge in [-0.2, -0.15) is 0 Å². The van der Waals surface area contributed by atoms with Gasteiger partial charge in [-0.25, -0.2) is 9.59 Å². The fraction of sp³-hybridized carbons (Fsp3) is 0.826. The molecule has 1 amide bonds. The number of esters is 1.